The van der Waals surface area contributed by atoms with E-state index in [-0.39, 0.29) is 29.7 Å². The van der Waals surface area contributed by atoms with Crippen molar-refractivity contribution in [1.29, 1.82) is 0 Å². The van der Waals surface area contributed by atoms with E-state index in [0.717, 1.165) is 110 Å². The molecule has 1 unspecified atom stereocenters. The number of aryl methyl sites for hydroxylation is 1. The third kappa shape index (κ3) is 10.8. The lowest BCUT2D eigenvalue weighted by Crippen LogP contribution is -2.54. The Hall–Kier alpha value is -7.18. The lowest BCUT2D eigenvalue weighted by atomic mass is 9.93. The second-order valence-electron chi connectivity index (χ2n) is 21.3. The average Bonchev–Trinajstić information content (AvgIpc) is 4.16. The Balaban J connectivity index is 0.702. The molecule has 11 rings (SSSR count). The molecule has 78 heavy (non-hydrogen) atoms. The summed E-state index contributed by atoms with van der Waals surface area (Å²) >= 11 is 6.72. The van der Waals surface area contributed by atoms with Gasteiger partial charge >= 0.3 is 0 Å². The molecule has 7 heterocycles. The lowest BCUT2D eigenvalue weighted by molar-refractivity contribution is -0.136. The normalized spacial score (nSPS) is 19.1. The molecule has 6 aromatic rings. The molecule has 5 aliphatic heterocycles. The van der Waals surface area contributed by atoms with Crippen LogP contribution < -0.4 is 35.8 Å². The van der Waals surface area contributed by atoms with E-state index in [2.05, 4.69) is 52.9 Å². The van der Waals surface area contributed by atoms with Crippen LogP contribution in [0.5, 0.6) is 5.75 Å². The van der Waals surface area contributed by atoms with Crippen LogP contribution in [0.25, 0.3) is 22.3 Å². The second kappa shape index (κ2) is 21.9. The number of benzene rings is 4. The number of anilines is 6. The van der Waals surface area contributed by atoms with Crippen molar-refractivity contribution in [1.82, 2.24) is 39.8 Å². The smallest absolute Gasteiger partial charge is 0.262 e. The average molecular weight is 1100 g/mol. The van der Waals surface area contributed by atoms with Gasteiger partial charge in [-0.3, -0.25) is 39.0 Å². The zero-order chi connectivity index (χ0) is 54.4. The van der Waals surface area contributed by atoms with Gasteiger partial charge in [-0.05, 0) is 106 Å². The van der Waals surface area contributed by atoms with E-state index in [4.69, 9.17) is 21.3 Å². The van der Waals surface area contributed by atoms with Crippen molar-refractivity contribution in [3.8, 4) is 28.0 Å². The number of aromatic nitrogens is 4. The molecule has 4 fully saturated rings. The van der Waals surface area contributed by atoms with Gasteiger partial charge in [0.15, 0.2) is 5.82 Å². The van der Waals surface area contributed by atoms with Gasteiger partial charge in [-0.25, -0.2) is 9.37 Å². The van der Waals surface area contributed by atoms with Gasteiger partial charge in [0.25, 0.3) is 11.8 Å². The van der Waals surface area contributed by atoms with Crippen molar-refractivity contribution in [3.05, 3.63) is 113 Å². The fourth-order valence-corrected chi connectivity index (χ4v) is 13.1. The van der Waals surface area contributed by atoms with Gasteiger partial charge < -0.3 is 34.6 Å². The highest BCUT2D eigenvalue weighted by Gasteiger charge is 2.45. The van der Waals surface area contributed by atoms with E-state index in [1.165, 1.54) is 12.3 Å². The summed E-state index contributed by atoms with van der Waals surface area (Å²) in [4.78, 5) is 70.8. The van der Waals surface area contributed by atoms with Crippen molar-refractivity contribution in [3.63, 3.8) is 0 Å². The summed E-state index contributed by atoms with van der Waals surface area (Å²) < 4.78 is 37.1. The van der Waals surface area contributed by atoms with Gasteiger partial charge in [0.2, 0.25) is 17.8 Å². The number of fused-ring (bicyclic) bond motifs is 1. The molecule has 0 spiro atoms. The van der Waals surface area contributed by atoms with Gasteiger partial charge in [0.05, 0.1) is 47.7 Å². The number of nitrogens with one attached hydrogen (secondary N) is 3. The highest BCUT2D eigenvalue weighted by molar-refractivity contribution is 7.70. The molecule has 2 aromatic heterocycles. The van der Waals surface area contributed by atoms with Crippen LogP contribution in [0.1, 0.15) is 59.2 Å². The number of rotatable bonds is 14. The molecule has 3 N–H and O–H groups in total. The number of piperazine rings is 1. The number of imide groups is 2. The minimum absolute atomic E-state index is 0.0176. The second-order valence-corrected chi connectivity index (χ2v) is 24.9. The van der Waals surface area contributed by atoms with Crippen LogP contribution in [0.2, 0.25) is 5.02 Å². The number of hydrogen-bond acceptors (Lipinski definition) is 15. The summed E-state index contributed by atoms with van der Waals surface area (Å²) in [6.45, 7) is 11.3. The summed E-state index contributed by atoms with van der Waals surface area (Å²) in [5, 5.41) is 14.5. The highest BCUT2D eigenvalue weighted by Crippen LogP contribution is 2.43. The first-order valence-electron chi connectivity index (χ1n) is 26.6. The fourth-order valence-electron chi connectivity index (χ4n) is 11.8. The van der Waals surface area contributed by atoms with E-state index in [1.54, 1.807) is 25.1 Å². The topological polar surface area (TPSA) is 190 Å². The van der Waals surface area contributed by atoms with Crippen LogP contribution in [0.15, 0.2) is 91.4 Å². The number of carbonyl (C=O) groups is 4. The van der Waals surface area contributed by atoms with Crippen molar-refractivity contribution >= 4 is 82.2 Å². The van der Waals surface area contributed by atoms with Crippen molar-refractivity contribution in [2.24, 2.45) is 13.0 Å². The van der Waals surface area contributed by atoms with E-state index in [1.807, 2.05) is 72.9 Å². The summed E-state index contributed by atoms with van der Waals surface area (Å²) in [6.07, 6.45) is 9.39. The predicted molar refractivity (Wildman–Crippen MR) is 301 cm³/mol. The molecule has 5 aliphatic rings. The Labute approximate surface area is 457 Å². The van der Waals surface area contributed by atoms with Gasteiger partial charge in [0.1, 0.15) is 29.8 Å². The molecule has 4 amide bonds. The molecule has 0 aliphatic carbocycles. The maximum atomic E-state index is 15.6. The van der Waals surface area contributed by atoms with E-state index in [9.17, 15) is 23.7 Å². The van der Waals surface area contributed by atoms with Gasteiger partial charge in [-0.15, -0.1) is 0 Å². The van der Waals surface area contributed by atoms with Crippen molar-refractivity contribution in [2.75, 3.05) is 99.8 Å². The maximum absolute atomic E-state index is 15.6. The molecule has 0 radical (unpaired) electrons. The number of carbonyl (C=O) groups excluding carboxylic acids is 4. The first-order valence-corrected chi connectivity index (χ1v) is 29.6. The fraction of sp³-hybridized carbons (Fsp3) is 0.386. The molecule has 0 bridgehead atoms. The zero-order valence-corrected chi connectivity index (χ0v) is 45.8. The number of halogens is 2. The Morgan fingerprint density at radius 2 is 1.47 bits per heavy atom. The standard InChI is InChI=1S/C57H63ClFN12O6P/c1-66-34-38(31-61-66)40-28-46(63-57-60-32-43(58)53(65-57)62-45-11-10-37(26-51(45)78(3,4)76)36-8-6-5-7-9-36)50(77-2)30-48(40)70-24-22-68(23-25-70)39-16-18-67(19-17-39)33-35-14-20-69(21-15-35)49-29-42-41(27-44(49)59)55(74)71(56(42)75)47-12-13-52(72)64-54(47)73/h5-11,26-32,34-35,39,47H,12-25,33H2,1-4H3,(H,64,72,73)(H2,60,62,63,65). The molecule has 0 saturated carbocycles. The number of amides is 4. The molecule has 18 nitrogen and oxygen atoms in total. The van der Waals surface area contributed by atoms with E-state index >= 15 is 4.39 Å². The summed E-state index contributed by atoms with van der Waals surface area (Å²) in [7, 11) is 0.809. The largest absolute Gasteiger partial charge is 0.494 e. The molecule has 21 heteroatoms. The van der Waals surface area contributed by atoms with Crippen LogP contribution in [-0.4, -0.2) is 150 Å². The Morgan fingerprint density at radius 1 is 0.756 bits per heavy atom. The zero-order valence-electron chi connectivity index (χ0n) is 44.2. The Morgan fingerprint density at radius 3 is 2.15 bits per heavy atom. The third-order valence-electron chi connectivity index (χ3n) is 16.0. The molecular formula is C57H63ClFN12O6P. The minimum atomic E-state index is -2.75. The third-order valence-corrected chi connectivity index (χ3v) is 17.8. The Kier molecular flexibility index (Phi) is 14.9. The summed E-state index contributed by atoms with van der Waals surface area (Å²) in [5.41, 5.74) is 6.60. The monoisotopic (exact) mass is 1100 g/mol. The molecule has 4 aromatic carbocycles. The number of nitrogens with zero attached hydrogens (tertiary/aromatic N) is 9. The number of ether oxygens (including phenoxy) is 1. The molecular weight excluding hydrogens is 1030 g/mol. The van der Waals surface area contributed by atoms with E-state index < -0.39 is 42.6 Å². The first-order chi connectivity index (χ1) is 37.6. The van der Waals surface area contributed by atoms with Crippen molar-refractivity contribution < 1.29 is 32.9 Å². The van der Waals surface area contributed by atoms with Gasteiger partial charge in [0, 0.05) is 99.7 Å². The molecule has 4 saturated heterocycles. The Bertz CT molecular complexity index is 3350. The summed E-state index contributed by atoms with van der Waals surface area (Å²) in [5.74, 6) is -1.34. The summed E-state index contributed by atoms with van der Waals surface area (Å²) in [6, 6.07) is 21.9. The molecule has 406 valence electrons. The quantitative estimate of drug-likeness (QED) is 0.0703. The van der Waals surface area contributed by atoms with Gasteiger partial charge in [-0.2, -0.15) is 10.1 Å². The number of piperidine rings is 3. The number of methoxy groups -OCH3 is 1. The SMILES string of the molecule is COc1cc(N2CCN(C3CCN(CC4CCN(c5cc6c(cc5F)C(=O)N(C5CCC(=O)NC5=O)C6=O)CC4)CC3)CC2)c(-c2cnn(C)c2)cc1Nc1ncc(Cl)c(Nc2ccc(-c3ccccc3)cc2P(C)(C)=O)n1. The van der Waals surface area contributed by atoms with Crippen molar-refractivity contribution in [2.45, 2.75) is 50.6 Å². The lowest BCUT2D eigenvalue weighted by Gasteiger charge is -2.44. The number of hydrogen-bond donors (Lipinski definition) is 3. The van der Waals surface area contributed by atoms with Crippen LogP contribution in [0.3, 0.4) is 0 Å². The minimum Gasteiger partial charge on any atom is -0.494 e. The van der Waals surface area contributed by atoms with Crippen LogP contribution >= 0.6 is 18.7 Å². The van der Waals surface area contributed by atoms with Crippen LogP contribution in [0.4, 0.5) is 38.9 Å². The maximum Gasteiger partial charge on any atom is 0.262 e. The first kappa shape index (κ1) is 52.9. The predicted octanol–water partition coefficient (Wildman–Crippen LogP) is 7.98. The highest BCUT2D eigenvalue weighted by atomic mass is 35.5. The van der Waals surface area contributed by atoms with Crippen LogP contribution in [0, 0.1) is 11.7 Å². The number of likely N-dealkylation sites (tertiary alicyclic amines) is 1. The van der Waals surface area contributed by atoms with Crippen LogP contribution in [-0.2, 0) is 21.2 Å². The van der Waals surface area contributed by atoms with Gasteiger partial charge in [-0.1, -0.05) is 48.0 Å². The van der Waals surface area contributed by atoms with E-state index in [0.29, 0.717) is 64.3 Å². The molecule has 1 atom stereocenters.